The van der Waals surface area contributed by atoms with Crippen LogP contribution in [0.1, 0.15) is 13.3 Å². The quantitative estimate of drug-likeness (QED) is 0.898. The van der Waals surface area contributed by atoms with E-state index in [2.05, 4.69) is 32.3 Å². The molecule has 1 N–H and O–H groups in total. The van der Waals surface area contributed by atoms with Crippen LogP contribution < -0.4 is 5.32 Å². The Hall–Kier alpha value is -0.460. The Labute approximate surface area is 122 Å². The van der Waals surface area contributed by atoms with E-state index in [0.29, 0.717) is 0 Å². The monoisotopic (exact) mass is 346 g/mol. The molecule has 0 bridgehead atoms. The van der Waals surface area contributed by atoms with Crippen molar-refractivity contribution in [3.05, 3.63) is 22.7 Å². The van der Waals surface area contributed by atoms with Gasteiger partial charge in [-0.2, -0.15) is 0 Å². The van der Waals surface area contributed by atoms with Gasteiger partial charge < -0.3 is 5.32 Å². The van der Waals surface area contributed by atoms with Crippen LogP contribution in [0.4, 0.5) is 5.13 Å². The van der Waals surface area contributed by atoms with Gasteiger partial charge in [0, 0.05) is 33.3 Å². The molecule has 2 unspecified atom stereocenters. The maximum atomic E-state index is 11.2. The SMILES string of the molecule is CC(CCNc1nc2cc(Br)ccc2s1)S(C)=O. The highest BCUT2D eigenvalue weighted by Crippen LogP contribution is 2.28. The number of nitrogens with one attached hydrogen (secondary N) is 1. The van der Waals surface area contributed by atoms with E-state index in [9.17, 15) is 4.21 Å². The van der Waals surface area contributed by atoms with E-state index < -0.39 is 10.8 Å². The van der Waals surface area contributed by atoms with Gasteiger partial charge in [-0.15, -0.1) is 0 Å². The van der Waals surface area contributed by atoms with Crippen LogP contribution in [0, 0.1) is 0 Å². The molecule has 0 fully saturated rings. The van der Waals surface area contributed by atoms with Crippen molar-refractivity contribution < 1.29 is 4.21 Å². The number of rotatable bonds is 5. The number of thiazole rings is 1. The Morgan fingerprint density at radius 1 is 1.56 bits per heavy atom. The zero-order valence-electron chi connectivity index (χ0n) is 10.3. The number of halogens is 1. The first-order chi connectivity index (χ1) is 8.56. The highest BCUT2D eigenvalue weighted by atomic mass is 79.9. The largest absolute Gasteiger partial charge is 0.361 e. The van der Waals surface area contributed by atoms with Crippen LogP contribution in [0.3, 0.4) is 0 Å². The number of anilines is 1. The van der Waals surface area contributed by atoms with E-state index in [4.69, 9.17) is 0 Å². The summed E-state index contributed by atoms with van der Waals surface area (Å²) in [5.41, 5.74) is 1.00. The van der Waals surface area contributed by atoms with Crippen molar-refractivity contribution >= 4 is 53.4 Å². The maximum absolute atomic E-state index is 11.2. The molecule has 3 nitrogen and oxygen atoms in total. The van der Waals surface area contributed by atoms with Gasteiger partial charge in [0.15, 0.2) is 5.13 Å². The number of fused-ring (bicyclic) bond motifs is 1. The third kappa shape index (κ3) is 3.52. The summed E-state index contributed by atoms with van der Waals surface area (Å²) in [6, 6.07) is 6.10. The molecule has 1 aromatic heterocycles. The lowest BCUT2D eigenvalue weighted by Crippen LogP contribution is -2.14. The lowest BCUT2D eigenvalue weighted by molar-refractivity contribution is 0.672. The summed E-state index contributed by atoms with van der Waals surface area (Å²) in [5.74, 6) is 0. The summed E-state index contributed by atoms with van der Waals surface area (Å²) in [4.78, 5) is 4.52. The number of hydrogen-bond acceptors (Lipinski definition) is 4. The van der Waals surface area contributed by atoms with Gasteiger partial charge in [0.1, 0.15) is 0 Å². The second kappa shape index (κ2) is 6.12. The number of nitrogens with zero attached hydrogens (tertiary/aromatic N) is 1. The smallest absolute Gasteiger partial charge is 0.183 e. The van der Waals surface area contributed by atoms with E-state index in [1.54, 1.807) is 17.6 Å². The van der Waals surface area contributed by atoms with Crippen LogP contribution >= 0.6 is 27.3 Å². The van der Waals surface area contributed by atoms with E-state index in [0.717, 1.165) is 28.1 Å². The molecule has 0 amide bonds. The van der Waals surface area contributed by atoms with E-state index >= 15 is 0 Å². The lowest BCUT2D eigenvalue weighted by Gasteiger charge is -2.07. The molecule has 0 aliphatic carbocycles. The molecule has 0 radical (unpaired) electrons. The minimum atomic E-state index is -0.749. The molecular formula is C12H15BrN2OS2. The molecular weight excluding hydrogens is 332 g/mol. The number of benzene rings is 1. The molecule has 1 aromatic carbocycles. The molecule has 2 rings (SSSR count). The van der Waals surface area contributed by atoms with Gasteiger partial charge >= 0.3 is 0 Å². The van der Waals surface area contributed by atoms with Crippen LogP contribution in [0.2, 0.25) is 0 Å². The van der Waals surface area contributed by atoms with Crippen molar-refractivity contribution in [2.24, 2.45) is 0 Å². The highest BCUT2D eigenvalue weighted by molar-refractivity contribution is 9.10. The predicted molar refractivity (Wildman–Crippen MR) is 84.0 cm³/mol. The average Bonchev–Trinajstić information content (AvgIpc) is 2.70. The van der Waals surface area contributed by atoms with Crippen molar-refractivity contribution in [2.45, 2.75) is 18.6 Å². The van der Waals surface area contributed by atoms with Gasteiger partial charge in [-0.1, -0.05) is 34.2 Å². The zero-order chi connectivity index (χ0) is 13.1. The van der Waals surface area contributed by atoms with Gasteiger partial charge in [-0.05, 0) is 24.6 Å². The van der Waals surface area contributed by atoms with Crippen LogP contribution in [-0.4, -0.2) is 27.2 Å². The standard InChI is InChI=1S/C12H15BrN2OS2/c1-8(18(2)16)5-6-14-12-15-10-7-9(13)3-4-11(10)17-12/h3-4,7-8H,5-6H2,1-2H3,(H,14,15). The first-order valence-corrected chi connectivity index (χ1v) is 8.91. The fraction of sp³-hybridized carbons (Fsp3) is 0.417. The Morgan fingerprint density at radius 3 is 3.06 bits per heavy atom. The van der Waals surface area contributed by atoms with Crippen LogP contribution in [0.5, 0.6) is 0 Å². The van der Waals surface area contributed by atoms with Gasteiger partial charge in [-0.3, -0.25) is 4.21 Å². The molecule has 18 heavy (non-hydrogen) atoms. The van der Waals surface area contributed by atoms with Crippen molar-refractivity contribution in [3.63, 3.8) is 0 Å². The Bertz CT molecular complexity index is 570. The molecule has 1 heterocycles. The first-order valence-electron chi connectivity index (χ1n) is 5.68. The van der Waals surface area contributed by atoms with Crippen LogP contribution in [0.15, 0.2) is 22.7 Å². The molecule has 6 heteroatoms. The highest BCUT2D eigenvalue weighted by Gasteiger charge is 2.07. The maximum Gasteiger partial charge on any atom is 0.183 e. The molecule has 2 aromatic rings. The fourth-order valence-corrected chi connectivity index (χ4v) is 3.20. The van der Waals surface area contributed by atoms with Gasteiger partial charge in [-0.25, -0.2) is 4.98 Å². The number of hydrogen-bond donors (Lipinski definition) is 1. The Balaban J connectivity index is 1.98. The average molecular weight is 347 g/mol. The predicted octanol–water partition coefficient (Wildman–Crippen LogP) is 3.63. The topological polar surface area (TPSA) is 42.0 Å². The summed E-state index contributed by atoms with van der Waals surface area (Å²) >= 11 is 5.09. The van der Waals surface area contributed by atoms with E-state index in [-0.39, 0.29) is 5.25 Å². The molecule has 98 valence electrons. The number of aromatic nitrogens is 1. The summed E-state index contributed by atoms with van der Waals surface area (Å²) < 4.78 is 13.4. The van der Waals surface area contributed by atoms with Crippen molar-refractivity contribution in [2.75, 3.05) is 18.1 Å². The zero-order valence-corrected chi connectivity index (χ0v) is 13.5. The van der Waals surface area contributed by atoms with Gasteiger partial charge in [0.2, 0.25) is 0 Å². The Morgan fingerprint density at radius 2 is 2.33 bits per heavy atom. The summed E-state index contributed by atoms with van der Waals surface area (Å²) in [5, 5.41) is 4.45. The molecule has 0 aliphatic rings. The minimum absolute atomic E-state index is 0.223. The van der Waals surface area contributed by atoms with Crippen molar-refractivity contribution in [1.29, 1.82) is 0 Å². The van der Waals surface area contributed by atoms with E-state index in [1.807, 2.05) is 19.1 Å². The van der Waals surface area contributed by atoms with Crippen molar-refractivity contribution in [1.82, 2.24) is 4.98 Å². The van der Waals surface area contributed by atoms with Gasteiger partial charge in [0.25, 0.3) is 0 Å². The van der Waals surface area contributed by atoms with Crippen molar-refractivity contribution in [3.8, 4) is 0 Å². The normalized spacial score (nSPS) is 14.6. The van der Waals surface area contributed by atoms with Crippen LogP contribution in [0.25, 0.3) is 10.2 Å². The Kier molecular flexibility index (Phi) is 4.75. The molecule has 0 saturated heterocycles. The first kappa shape index (κ1) is 14.0. The van der Waals surface area contributed by atoms with Gasteiger partial charge in [0.05, 0.1) is 10.2 Å². The molecule has 0 aliphatic heterocycles. The fourth-order valence-electron chi connectivity index (χ4n) is 1.52. The van der Waals surface area contributed by atoms with Crippen LogP contribution in [-0.2, 0) is 10.8 Å². The second-order valence-corrected chi connectivity index (χ2v) is 7.90. The molecule has 2 atom stereocenters. The minimum Gasteiger partial charge on any atom is -0.361 e. The lowest BCUT2D eigenvalue weighted by atomic mass is 10.3. The molecule has 0 spiro atoms. The summed E-state index contributed by atoms with van der Waals surface area (Å²) in [6.45, 7) is 2.81. The third-order valence-electron chi connectivity index (χ3n) is 2.74. The van der Waals surface area contributed by atoms with E-state index in [1.165, 1.54) is 4.70 Å². The summed E-state index contributed by atoms with van der Waals surface area (Å²) in [7, 11) is -0.749. The third-order valence-corrected chi connectivity index (χ3v) is 5.60. The molecule has 0 saturated carbocycles. The summed E-state index contributed by atoms with van der Waals surface area (Å²) in [6.07, 6.45) is 2.64. The second-order valence-electron chi connectivity index (χ2n) is 4.16.